The Morgan fingerprint density at radius 2 is 1.63 bits per heavy atom. The molecular formula is C20H32ClN3O3. The van der Waals surface area contributed by atoms with E-state index in [0.717, 1.165) is 11.3 Å². The van der Waals surface area contributed by atoms with Crippen molar-refractivity contribution in [3.05, 3.63) is 29.8 Å². The van der Waals surface area contributed by atoms with E-state index in [0.29, 0.717) is 51.4 Å². The lowest BCUT2D eigenvalue weighted by molar-refractivity contribution is -0.140. The number of piperazine rings is 1. The maximum Gasteiger partial charge on any atom is 0.239 e. The molecule has 152 valence electrons. The highest BCUT2D eigenvalue weighted by Gasteiger charge is 2.27. The standard InChI is InChI=1S/C20H31N3O3.ClH/c1-15(2)14-18(21)20(25)23-12-10-22(11-13-23)19(24)9-6-16-4-7-17(26-3)8-5-16;/h4-5,7-8,15,18H,6,9-14,21H2,1-3H3;1H/t18-;/m0./s1. The van der Waals surface area contributed by atoms with Gasteiger partial charge in [-0.25, -0.2) is 0 Å². The number of halogens is 1. The lowest BCUT2D eigenvalue weighted by Gasteiger charge is -2.36. The third-order valence-electron chi connectivity index (χ3n) is 4.77. The molecular weight excluding hydrogens is 366 g/mol. The molecule has 1 fully saturated rings. The predicted octanol–water partition coefficient (Wildman–Crippen LogP) is 2.09. The van der Waals surface area contributed by atoms with E-state index in [1.165, 1.54) is 0 Å². The van der Waals surface area contributed by atoms with Crippen LogP contribution in [-0.2, 0) is 16.0 Å². The van der Waals surface area contributed by atoms with Crippen molar-refractivity contribution < 1.29 is 14.3 Å². The number of benzene rings is 1. The van der Waals surface area contributed by atoms with Crippen molar-refractivity contribution in [1.82, 2.24) is 9.80 Å². The molecule has 1 saturated heterocycles. The Bertz CT molecular complexity index is 599. The van der Waals surface area contributed by atoms with Gasteiger partial charge in [0.05, 0.1) is 13.2 Å². The smallest absolute Gasteiger partial charge is 0.239 e. The Balaban J connectivity index is 0.00000364. The fourth-order valence-corrected chi connectivity index (χ4v) is 3.22. The van der Waals surface area contributed by atoms with Gasteiger partial charge < -0.3 is 20.3 Å². The van der Waals surface area contributed by atoms with Crippen LogP contribution in [0.1, 0.15) is 32.3 Å². The van der Waals surface area contributed by atoms with Crippen LogP contribution in [0.5, 0.6) is 5.75 Å². The zero-order chi connectivity index (χ0) is 19.1. The van der Waals surface area contributed by atoms with E-state index < -0.39 is 6.04 Å². The number of hydrogen-bond acceptors (Lipinski definition) is 4. The third kappa shape index (κ3) is 7.03. The maximum absolute atomic E-state index is 12.4. The molecule has 1 atom stereocenters. The summed E-state index contributed by atoms with van der Waals surface area (Å²) in [5.74, 6) is 1.36. The largest absolute Gasteiger partial charge is 0.497 e. The van der Waals surface area contributed by atoms with Crippen LogP contribution >= 0.6 is 12.4 Å². The number of ether oxygens (including phenoxy) is 1. The summed E-state index contributed by atoms with van der Waals surface area (Å²) in [7, 11) is 1.64. The lowest BCUT2D eigenvalue weighted by atomic mass is 10.0. The minimum absolute atomic E-state index is 0. The predicted molar refractivity (Wildman–Crippen MR) is 109 cm³/mol. The fraction of sp³-hybridized carbons (Fsp3) is 0.600. The Morgan fingerprint density at radius 1 is 1.07 bits per heavy atom. The molecule has 1 aromatic rings. The van der Waals surface area contributed by atoms with Gasteiger partial charge in [-0.05, 0) is 36.5 Å². The van der Waals surface area contributed by atoms with Gasteiger partial charge in [0.15, 0.2) is 0 Å². The van der Waals surface area contributed by atoms with E-state index in [1.807, 2.05) is 29.2 Å². The quantitative estimate of drug-likeness (QED) is 0.764. The first-order valence-corrected chi connectivity index (χ1v) is 9.35. The van der Waals surface area contributed by atoms with Gasteiger partial charge in [0.1, 0.15) is 5.75 Å². The number of carbonyl (C=O) groups excluding carboxylic acids is 2. The van der Waals surface area contributed by atoms with E-state index in [9.17, 15) is 9.59 Å². The summed E-state index contributed by atoms with van der Waals surface area (Å²) in [6.07, 6.45) is 1.88. The van der Waals surface area contributed by atoms with Crippen LogP contribution < -0.4 is 10.5 Å². The summed E-state index contributed by atoms with van der Waals surface area (Å²) in [6, 6.07) is 7.35. The van der Waals surface area contributed by atoms with Crippen molar-refractivity contribution in [2.24, 2.45) is 11.7 Å². The minimum atomic E-state index is -0.438. The second-order valence-electron chi connectivity index (χ2n) is 7.29. The molecule has 2 N–H and O–H groups in total. The fourth-order valence-electron chi connectivity index (χ4n) is 3.22. The number of nitrogens with zero attached hydrogens (tertiary/aromatic N) is 2. The Labute approximate surface area is 168 Å². The number of methoxy groups -OCH3 is 1. The van der Waals surface area contributed by atoms with Crippen LogP contribution in [0, 0.1) is 5.92 Å². The van der Waals surface area contributed by atoms with Crippen LogP contribution in [0.15, 0.2) is 24.3 Å². The van der Waals surface area contributed by atoms with Gasteiger partial charge in [0, 0.05) is 32.6 Å². The molecule has 0 aromatic heterocycles. The van der Waals surface area contributed by atoms with Crippen LogP contribution in [0.25, 0.3) is 0 Å². The SMILES string of the molecule is COc1ccc(CCC(=O)N2CCN(C(=O)[C@@H](N)CC(C)C)CC2)cc1.Cl. The topological polar surface area (TPSA) is 75.9 Å². The molecule has 1 heterocycles. The highest BCUT2D eigenvalue weighted by atomic mass is 35.5. The number of carbonyl (C=O) groups is 2. The van der Waals surface area contributed by atoms with Crippen molar-refractivity contribution in [3.63, 3.8) is 0 Å². The average Bonchev–Trinajstić information content (AvgIpc) is 2.65. The van der Waals surface area contributed by atoms with Crippen LogP contribution in [0.2, 0.25) is 0 Å². The van der Waals surface area contributed by atoms with Gasteiger partial charge in [-0.15, -0.1) is 12.4 Å². The monoisotopic (exact) mass is 397 g/mol. The molecule has 1 aromatic carbocycles. The van der Waals surface area contributed by atoms with Crippen molar-refractivity contribution in [3.8, 4) is 5.75 Å². The van der Waals surface area contributed by atoms with Gasteiger partial charge >= 0.3 is 0 Å². The molecule has 0 aliphatic carbocycles. The number of aryl methyl sites for hydroxylation is 1. The highest BCUT2D eigenvalue weighted by molar-refractivity contribution is 5.85. The summed E-state index contributed by atoms with van der Waals surface area (Å²) < 4.78 is 5.14. The van der Waals surface area contributed by atoms with Gasteiger partial charge in [0.2, 0.25) is 11.8 Å². The molecule has 2 rings (SSSR count). The van der Waals surface area contributed by atoms with E-state index in [4.69, 9.17) is 10.5 Å². The van der Waals surface area contributed by atoms with Gasteiger partial charge in [-0.3, -0.25) is 9.59 Å². The Kier molecular flexibility index (Phi) is 9.60. The van der Waals surface area contributed by atoms with Crippen molar-refractivity contribution >= 4 is 24.2 Å². The second kappa shape index (κ2) is 11.1. The Morgan fingerprint density at radius 3 is 2.15 bits per heavy atom. The molecule has 1 aliphatic rings. The zero-order valence-electron chi connectivity index (χ0n) is 16.5. The summed E-state index contributed by atoms with van der Waals surface area (Å²) in [5, 5.41) is 0. The maximum atomic E-state index is 12.4. The Hall–Kier alpha value is -1.79. The summed E-state index contributed by atoms with van der Waals surface area (Å²) in [6.45, 7) is 6.43. The minimum Gasteiger partial charge on any atom is -0.497 e. The van der Waals surface area contributed by atoms with E-state index in [2.05, 4.69) is 13.8 Å². The highest BCUT2D eigenvalue weighted by Crippen LogP contribution is 2.14. The molecule has 2 amide bonds. The van der Waals surface area contributed by atoms with Crippen LogP contribution in [0.4, 0.5) is 0 Å². The van der Waals surface area contributed by atoms with Crippen molar-refractivity contribution in [2.45, 2.75) is 39.2 Å². The van der Waals surface area contributed by atoms with Gasteiger partial charge in [0.25, 0.3) is 0 Å². The summed E-state index contributed by atoms with van der Waals surface area (Å²) in [5.41, 5.74) is 7.11. The molecule has 27 heavy (non-hydrogen) atoms. The van der Waals surface area contributed by atoms with Crippen molar-refractivity contribution in [1.29, 1.82) is 0 Å². The molecule has 0 unspecified atom stereocenters. The lowest BCUT2D eigenvalue weighted by Crippen LogP contribution is -2.54. The first-order valence-electron chi connectivity index (χ1n) is 9.35. The van der Waals surface area contributed by atoms with Gasteiger partial charge in [-0.1, -0.05) is 26.0 Å². The van der Waals surface area contributed by atoms with Gasteiger partial charge in [-0.2, -0.15) is 0 Å². The number of hydrogen-bond donors (Lipinski definition) is 1. The number of nitrogens with two attached hydrogens (primary N) is 1. The van der Waals surface area contributed by atoms with E-state index >= 15 is 0 Å². The summed E-state index contributed by atoms with van der Waals surface area (Å²) >= 11 is 0. The van der Waals surface area contributed by atoms with Crippen LogP contribution in [0.3, 0.4) is 0 Å². The average molecular weight is 398 g/mol. The first-order chi connectivity index (χ1) is 12.4. The van der Waals surface area contributed by atoms with Crippen LogP contribution in [-0.4, -0.2) is 60.9 Å². The van der Waals surface area contributed by atoms with Crippen molar-refractivity contribution in [2.75, 3.05) is 33.3 Å². The molecule has 0 bridgehead atoms. The normalized spacial score (nSPS) is 15.3. The second-order valence-corrected chi connectivity index (χ2v) is 7.29. The summed E-state index contributed by atoms with van der Waals surface area (Å²) in [4.78, 5) is 28.4. The first kappa shape index (κ1) is 23.2. The van der Waals surface area contributed by atoms with E-state index in [-0.39, 0.29) is 24.2 Å². The molecule has 0 saturated carbocycles. The molecule has 7 heteroatoms. The molecule has 6 nitrogen and oxygen atoms in total. The van der Waals surface area contributed by atoms with E-state index in [1.54, 1.807) is 12.0 Å². The number of rotatable bonds is 7. The molecule has 0 radical (unpaired) electrons. The molecule has 1 aliphatic heterocycles. The zero-order valence-corrected chi connectivity index (χ0v) is 17.3. The molecule has 0 spiro atoms. The number of amides is 2. The third-order valence-corrected chi connectivity index (χ3v) is 4.77.